The Morgan fingerprint density at radius 1 is 1.29 bits per heavy atom. The Morgan fingerprint density at radius 2 is 2.00 bits per heavy atom. The van der Waals surface area contributed by atoms with Crippen LogP contribution in [-0.2, 0) is 11.2 Å². The number of pyridine rings is 2. The molecule has 1 N–H and O–H groups in total. The van der Waals surface area contributed by atoms with E-state index in [1.807, 2.05) is 0 Å². The zero-order valence-electron chi connectivity index (χ0n) is 8.80. The Bertz CT molecular complexity index is 543. The van der Waals surface area contributed by atoms with Crippen LogP contribution in [0.15, 0.2) is 36.7 Å². The van der Waals surface area contributed by atoms with E-state index >= 15 is 0 Å². The average Bonchev–Trinajstić information content (AvgIpc) is 2.28. The van der Waals surface area contributed by atoms with Crippen LogP contribution in [0.3, 0.4) is 0 Å². The number of carboxylic acid groups (broad SMARTS) is 1. The molecule has 0 aromatic carbocycles. The van der Waals surface area contributed by atoms with E-state index in [4.69, 9.17) is 16.7 Å². The molecule has 0 spiro atoms. The van der Waals surface area contributed by atoms with Gasteiger partial charge in [0.1, 0.15) is 5.15 Å². The first-order valence-corrected chi connectivity index (χ1v) is 5.31. The van der Waals surface area contributed by atoms with Gasteiger partial charge in [-0.3, -0.25) is 9.78 Å². The molecule has 5 heteroatoms. The summed E-state index contributed by atoms with van der Waals surface area (Å²) in [6, 6.07) is 6.86. The van der Waals surface area contributed by atoms with Gasteiger partial charge in [0.05, 0.1) is 12.1 Å². The second-order valence-electron chi connectivity index (χ2n) is 3.49. The molecule has 0 radical (unpaired) electrons. The van der Waals surface area contributed by atoms with Crippen LogP contribution in [0, 0.1) is 0 Å². The van der Waals surface area contributed by atoms with E-state index in [-0.39, 0.29) is 11.6 Å². The van der Waals surface area contributed by atoms with Crippen molar-refractivity contribution in [2.75, 3.05) is 0 Å². The molecular weight excluding hydrogens is 240 g/mol. The van der Waals surface area contributed by atoms with Gasteiger partial charge in [0.25, 0.3) is 0 Å². The summed E-state index contributed by atoms with van der Waals surface area (Å²) in [6.07, 6.45) is 3.23. The maximum absolute atomic E-state index is 10.7. The number of aromatic nitrogens is 2. The van der Waals surface area contributed by atoms with Gasteiger partial charge < -0.3 is 5.11 Å². The minimum atomic E-state index is -0.895. The molecule has 0 aliphatic heterocycles. The predicted octanol–water partition coefficient (Wildman–Crippen LogP) is 2.42. The lowest BCUT2D eigenvalue weighted by molar-refractivity contribution is -0.136. The summed E-state index contributed by atoms with van der Waals surface area (Å²) in [5.74, 6) is -0.895. The molecule has 0 unspecified atom stereocenters. The summed E-state index contributed by atoms with van der Waals surface area (Å²) < 4.78 is 0. The van der Waals surface area contributed by atoms with Gasteiger partial charge in [0.15, 0.2) is 0 Å². The van der Waals surface area contributed by atoms with E-state index in [1.54, 1.807) is 36.7 Å². The van der Waals surface area contributed by atoms with Crippen LogP contribution in [-0.4, -0.2) is 21.0 Å². The van der Waals surface area contributed by atoms with Gasteiger partial charge in [-0.15, -0.1) is 0 Å². The first-order chi connectivity index (χ1) is 8.15. The van der Waals surface area contributed by atoms with Crippen molar-refractivity contribution < 1.29 is 9.90 Å². The minimum absolute atomic E-state index is 0.0691. The van der Waals surface area contributed by atoms with Crippen molar-refractivity contribution in [1.82, 2.24) is 9.97 Å². The Labute approximate surface area is 103 Å². The number of hydrogen-bond acceptors (Lipinski definition) is 3. The fourth-order valence-corrected chi connectivity index (χ4v) is 1.73. The van der Waals surface area contributed by atoms with Crippen molar-refractivity contribution in [3.63, 3.8) is 0 Å². The van der Waals surface area contributed by atoms with E-state index in [1.165, 1.54) is 0 Å². The molecule has 0 amide bonds. The van der Waals surface area contributed by atoms with Crippen LogP contribution in [0.2, 0.25) is 5.15 Å². The van der Waals surface area contributed by atoms with Crippen molar-refractivity contribution in [3.8, 4) is 11.3 Å². The number of nitrogens with zero attached hydrogens (tertiary/aromatic N) is 2. The lowest BCUT2D eigenvalue weighted by Crippen LogP contribution is -2.01. The molecule has 0 fully saturated rings. The molecule has 2 heterocycles. The van der Waals surface area contributed by atoms with Crippen LogP contribution in [0.25, 0.3) is 11.3 Å². The number of rotatable bonds is 3. The number of carboxylic acids is 1. The summed E-state index contributed by atoms with van der Waals surface area (Å²) >= 11 is 5.86. The molecule has 86 valence electrons. The first kappa shape index (κ1) is 11.5. The summed E-state index contributed by atoms with van der Waals surface area (Å²) in [7, 11) is 0. The highest BCUT2D eigenvalue weighted by Crippen LogP contribution is 2.20. The van der Waals surface area contributed by atoms with Crippen LogP contribution in [0.4, 0.5) is 0 Å². The highest BCUT2D eigenvalue weighted by atomic mass is 35.5. The van der Waals surface area contributed by atoms with E-state index < -0.39 is 5.97 Å². The van der Waals surface area contributed by atoms with Crippen molar-refractivity contribution in [2.24, 2.45) is 0 Å². The largest absolute Gasteiger partial charge is 0.481 e. The van der Waals surface area contributed by atoms with E-state index in [2.05, 4.69) is 9.97 Å². The number of aliphatic carboxylic acids is 1. The van der Waals surface area contributed by atoms with Crippen LogP contribution in [0.1, 0.15) is 5.56 Å². The third-order valence-corrected chi connectivity index (χ3v) is 2.38. The Kier molecular flexibility index (Phi) is 3.35. The highest BCUT2D eigenvalue weighted by Gasteiger charge is 2.06. The third-order valence-electron chi connectivity index (χ3n) is 2.19. The van der Waals surface area contributed by atoms with Crippen LogP contribution < -0.4 is 0 Å². The molecule has 0 saturated carbocycles. The number of carbonyl (C=O) groups is 1. The van der Waals surface area contributed by atoms with Gasteiger partial charge in [0, 0.05) is 18.0 Å². The fraction of sp³-hybridized carbons (Fsp3) is 0.0833. The fourth-order valence-electron chi connectivity index (χ4n) is 1.50. The zero-order valence-corrected chi connectivity index (χ0v) is 9.55. The maximum atomic E-state index is 10.7. The van der Waals surface area contributed by atoms with Crippen LogP contribution >= 0.6 is 11.6 Å². The number of halogens is 1. The van der Waals surface area contributed by atoms with Gasteiger partial charge in [-0.25, -0.2) is 4.98 Å². The Hall–Kier alpha value is -1.94. The summed E-state index contributed by atoms with van der Waals surface area (Å²) in [6.45, 7) is 0. The molecule has 0 bridgehead atoms. The average molecular weight is 249 g/mol. The summed E-state index contributed by atoms with van der Waals surface area (Å²) in [5, 5.41) is 9.03. The zero-order chi connectivity index (χ0) is 12.3. The number of hydrogen-bond donors (Lipinski definition) is 1. The Morgan fingerprint density at radius 3 is 2.65 bits per heavy atom. The molecule has 2 aromatic rings. The lowest BCUT2D eigenvalue weighted by atomic mass is 10.1. The lowest BCUT2D eigenvalue weighted by Gasteiger charge is -2.04. The topological polar surface area (TPSA) is 63.1 Å². The molecule has 0 aliphatic carbocycles. The van der Waals surface area contributed by atoms with Gasteiger partial charge in [-0.2, -0.15) is 0 Å². The van der Waals surface area contributed by atoms with E-state index in [0.717, 1.165) is 5.56 Å². The van der Waals surface area contributed by atoms with Gasteiger partial charge in [-0.05, 0) is 29.8 Å². The molecule has 0 saturated heterocycles. The summed E-state index contributed by atoms with van der Waals surface area (Å²) in [5.41, 5.74) is 2.13. The second-order valence-corrected chi connectivity index (χ2v) is 3.88. The first-order valence-electron chi connectivity index (χ1n) is 4.94. The van der Waals surface area contributed by atoms with Gasteiger partial charge >= 0.3 is 5.97 Å². The maximum Gasteiger partial charge on any atom is 0.307 e. The second kappa shape index (κ2) is 4.93. The highest BCUT2D eigenvalue weighted by molar-refractivity contribution is 6.29. The van der Waals surface area contributed by atoms with Gasteiger partial charge in [0.2, 0.25) is 0 Å². The minimum Gasteiger partial charge on any atom is -0.481 e. The molecule has 17 heavy (non-hydrogen) atoms. The molecule has 2 aromatic heterocycles. The molecule has 0 aliphatic rings. The van der Waals surface area contributed by atoms with Crippen molar-refractivity contribution in [1.29, 1.82) is 0 Å². The van der Waals surface area contributed by atoms with Gasteiger partial charge in [-0.1, -0.05) is 11.6 Å². The van der Waals surface area contributed by atoms with Crippen LogP contribution in [0.5, 0.6) is 0 Å². The quantitative estimate of drug-likeness (QED) is 0.848. The third kappa shape index (κ3) is 3.01. The van der Waals surface area contributed by atoms with Crippen molar-refractivity contribution in [3.05, 3.63) is 47.4 Å². The predicted molar refractivity (Wildman–Crippen MR) is 63.8 cm³/mol. The standard InChI is InChI=1S/C12H9ClN2O2/c13-11-6-8(7-12(16)17)5-10(15-11)9-1-3-14-4-2-9/h1-6H,7H2,(H,16,17). The van der Waals surface area contributed by atoms with E-state index in [9.17, 15) is 4.79 Å². The summed E-state index contributed by atoms with van der Waals surface area (Å²) in [4.78, 5) is 18.7. The van der Waals surface area contributed by atoms with Crippen molar-refractivity contribution >= 4 is 17.6 Å². The normalized spacial score (nSPS) is 10.2. The monoisotopic (exact) mass is 248 g/mol. The molecule has 2 rings (SSSR count). The Balaban J connectivity index is 2.42. The van der Waals surface area contributed by atoms with Crippen molar-refractivity contribution in [2.45, 2.75) is 6.42 Å². The SMILES string of the molecule is O=C(O)Cc1cc(Cl)nc(-c2ccncc2)c1. The molecule has 4 nitrogen and oxygen atoms in total. The molecule has 0 atom stereocenters. The smallest absolute Gasteiger partial charge is 0.307 e. The van der Waals surface area contributed by atoms with E-state index in [0.29, 0.717) is 11.3 Å². The molecular formula is C12H9ClN2O2.